The van der Waals surface area contributed by atoms with E-state index in [2.05, 4.69) is 10.2 Å². The van der Waals surface area contributed by atoms with Crippen LogP contribution in [0.4, 0.5) is 0 Å². The second-order valence-electron chi connectivity index (χ2n) is 3.50. The summed E-state index contributed by atoms with van der Waals surface area (Å²) in [4.78, 5) is 47.7. The molecule has 0 spiro atoms. The fraction of sp³-hybridized carbons (Fsp3) is 0.700. The van der Waals surface area contributed by atoms with Crippen LogP contribution in [0, 0.1) is 10.1 Å². The van der Waals surface area contributed by atoms with Crippen LogP contribution < -0.4 is 5.32 Å². The van der Waals surface area contributed by atoms with Gasteiger partial charge < -0.3 is 14.9 Å². The van der Waals surface area contributed by atoms with Crippen LogP contribution in [-0.4, -0.2) is 47.1 Å². The van der Waals surface area contributed by atoms with Crippen molar-refractivity contribution in [3.63, 3.8) is 0 Å². The molecule has 0 aromatic carbocycles. The summed E-state index contributed by atoms with van der Waals surface area (Å²) in [6, 6.07) is -0.933. The van der Waals surface area contributed by atoms with Crippen LogP contribution in [-0.2, 0) is 24.0 Å². The molecule has 9 nitrogen and oxygen atoms in total. The largest absolute Gasteiger partial charge is 0.464 e. The Hall–Kier alpha value is -1.84. The predicted molar refractivity (Wildman–Crippen MR) is 69.3 cm³/mol. The van der Waals surface area contributed by atoms with Gasteiger partial charge in [-0.1, -0.05) is 11.8 Å². The van der Waals surface area contributed by atoms with Gasteiger partial charge in [-0.05, 0) is 6.92 Å². The summed E-state index contributed by atoms with van der Waals surface area (Å²) in [6.45, 7) is 2.67. The van der Waals surface area contributed by atoms with Crippen molar-refractivity contribution in [1.29, 1.82) is 0 Å². The zero-order valence-electron chi connectivity index (χ0n) is 11.1. The van der Waals surface area contributed by atoms with Crippen LogP contribution in [0.15, 0.2) is 0 Å². The van der Waals surface area contributed by atoms with E-state index in [0.29, 0.717) is 0 Å². The SMILES string of the molecule is CCOC(=O)[C@H](CSC(=O)CCO[N+](=O)[O-])NC(C)=O. The summed E-state index contributed by atoms with van der Waals surface area (Å²) in [5.74, 6) is -1.06. The first-order valence-electron chi connectivity index (χ1n) is 5.73. The number of nitrogens with zero attached hydrogens (tertiary/aromatic N) is 1. The third-order valence-corrected chi connectivity index (χ3v) is 2.89. The van der Waals surface area contributed by atoms with Gasteiger partial charge in [-0.25, -0.2) is 4.79 Å². The molecule has 0 aliphatic rings. The second-order valence-corrected chi connectivity index (χ2v) is 4.57. The van der Waals surface area contributed by atoms with Crippen molar-refractivity contribution in [3.05, 3.63) is 10.1 Å². The van der Waals surface area contributed by atoms with Crippen LogP contribution in [0.3, 0.4) is 0 Å². The first-order valence-corrected chi connectivity index (χ1v) is 6.72. The van der Waals surface area contributed by atoms with Crippen molar-refractivity contribution in [2.45, 2.75) is 26.3 Å². The van der Waals surface area contributed by atoms with Crippen molar-refractivity contribution in [2.24, 2.45) is 0 Å². The van der Waals surface area contributed by atoms with Crippen LogP contribution >= 0.6 is 11.8 Å². The summed E-state index contributed by atoms with van der Waals surface area (Å²) < 4.78 is 4.76. The molecule has 0 saturated heterocycles. The zero-order valence-corrected chi connectivity index (χ0v) is 11.9. The number of esters is 1. The molecule has 0 aliphatic carbocycles. The van der Waals surface area contributed by atoms with Gasteiger partial charge in [-0.3, -0.25) is 9.59 Å². The van der Waals surface area contributed by atoms with E-state index in [1.54, 1.807) is 6.92 Å². The third kappa shape index (κ3) is 9.14. The molecule has 1 amide bonds. The maximum absolute atomic E-state index is 11.5. The first-order chi connectivity index (χ1) is 9.36. The number of carbonyl (C=O) groups is 3. The van der Waals surface area contributed by atoms with E-state index in [1.165, 1.54) is 6.92 Å². The number of carbonyl (C=O) groups excluding carboxylic acids is 3. The Kier molecular flexibility index (Phi) is 9.09. The Morgan fingerprint density at radius 2 is 2.05 bits per heavy atom. The zero-order chi connectivity index (χ0) is 15.5. The van der Waals surface area contributed by atoms with Crippen molar-refractivity contribution in [1.82, 2.24) is 5.32 Å². The van der Waals surface area contributed by atoms with E-state index < -0.39 is 23.0 Å². The van der Waals surface area contributed by atoms with Crippen LogP contribution in [0.5, 0.6) is 0 Å². The molecule has 1 N–H and O–H groups in total. The summed E-state index contributed by atoms with van der Waals surface area (Å²) in [5.41, 5.74) is 0. The standard InChI is InChI=1S/C10H16N2O7S/c1-3-18-10(15)8(11-7(2)13)6-20-9(14)4-5-19-12(16)17/h8H,3-6H2,1-2H3,(H,11,13)/t8-/m0/s1. The highest BCUT2D eigenvalue weighted by atomic mass is 32.2. The van der Waals surface area contributed by atoms with Gasteiger partial charge >= 0.3 is 5.97 Å². The Morgan fingerprint density at radius 1 is 1.40 bits per heavy atom. The number of amides is 1. The molecule has 0 aliphatic heterocycles. The van der Waals surface area contributed by atoms with Crippen molar-refractivity contribution >= 4 is 28.8 Å². The molecule has 0 bridgehead atoms. The maximum atomic E-state index is 11.5. The monoisotopic (exact) mass is 308 g/mol. The van der Waals surface area contributed by atoms with Gasteiger partial charge in [0.15, 0.2) is 5.12 Å². The van der Waals surface area contributed by atoms with Crippen LogP contribution in [0.25, 0.3) is 0 Å². The lowest BCUT2D eigenvalue weighted by atomic mass is 10.3. The van der Waals surface area contributed by atoms with E-state index in [-0.39, 0.29) is 30.5 Å². The summed E-state index contributed by atoms with van der Waals surface area (Å²) in [5, 5.41) is 10.9. The molecule has 0 unspecified atom stereocenters. The van der Waals surface area contributed by atoms with Crippen LogP contribution in [0.2, 0.25) is 0 Å². The lowest BCUT2D eigenvalue weighted by Crippen LogP contribution is -2.42. The van der Waals surface area contributed by atoms with Gasteiger partial charge in [0.25, 0.3) is 5.09 Å². The van der Waals surface area contributed by atoms with Gasteiger partial charge in [0, 0.05) is 19.1 Å². The third-order valence-electron chi connectivity index (χ3n) is 1.86. The van der Waals surface area contributed by atoms with E-state index >= 15 is 0 Å². The fourth-order valence-corrected chi connectivity index (χ4v) is 1.91. The number of hydrogen-bond donors (Lipinski definition) is 1. The molecule has 0 saturated carbocycles. The fourth-order valence-electron chi connectivity index (χ4n) is 1.11. The molecule has 1 atom stereocenters. The normalized spacial score (nSPS) is 11.3. The Bertz CT molecular complexity index is 375. The highest BCUT2D eigenvalue weighted by molar-refractivity contribution is 8.13. The molecular weight excluding hydrogens is 292 g/mol. The lowest BCUT2D eigenvalue weighted by molar-refractivity contribution is -0.757. The number of nitrogens with one attached hydrogen (secondary N) is 1. The van der Waals surface area contributed by atoms with Crippen molar-refractivity contribution < 1.29 is 29.0 Å². The van der Waals surface area contributed by atoms with E-state index in [0.717, 1.165) is 11.8 Å². The van der Waals surface area contributed by atoms with Crippen molar-refractivity contribution in [2.75, 3.05) is 19.0 Å². The molecule has 10 heteroatoms. The topological polar surface area (TPSA) is 125 Å². The predicted octanol–water partition coefficient (Wildman–Crippen LogP) is -0.0876. The lowest BCUT2D eigenvalue weighted by Gasteiger charge is -2.15. The van der Waals surface area contributed by atoms with Gasteiger partial charge in [-0.2, -0.15) is 0 Å². The number of ether oxygens (including phenoxy) is 1. The minimum absolute atomic E-state index is 0.00426. The molecule has 0 fully saturated rings. The highest BCUT2D eigenvalue weighted by Gasteiger charge is 2.22. The number of rotatable bonds is 9. The Morgan fingerprint density at radius 3 is 2.55 bits per heavy atom. The Balaban J connectivity index is 4.17. The molecule has 0 aromatic rings. The Labute approximate surface area is 119 Å². The molecule has 114 valence electrons. The average molecular weight is 308 g/mol. The van der Waals surface area contributed by atoms with Gasteiger partial charge in [0.2, 0.25) is 5.91 Å². The summed E-state index contributed by atoms with van der Waals surface area (Å²) in [7, 11) is 0. The molecule has 0 rings (SSSR count). The van der Waals surface area contributed by atoms with Crippen LogP contribution in [0.1, 0.15) is 20.3 Å². The molecule has 0 aromatic heterocycles. The number of hydrogen-bond acceptors (Lipinski definition) is 8. The highest BCUT2D eigenvalue weighted by Crippen LogP contribution is 2.09. The van der Waals surface area contributed by atoms with Crippen molar-refractivity contribution in [3.8, 4) is 0 Å². The quantitative estimate of drug-likeness (QED) is 0.356. The molecule has 20 heavy (non-hydrogen) atoms. The smallest absolute Gasteiger partial charge is 0.329 e. The van der Waals surface area contributed by atoms with Gasteiger partial charge in [0.05, 0.1) is 6.61 Å². The molecule has 0 heterocycles. The summed E-state index contributed by atoms with van der Waals surface area (Å²) in [6.07, 6.45) is -0.165. The minimum atomic E-state index is -0.989. The first kappa shape index (κ1) is 18.2. The number of thioether (sulfide) groups is 1. The van der Waals surface area contributed by atoms with Gasteiger partial charge in [0.1, 0.15) is 12.6 Å². The second kappa shape index (κ2) is 10.0. The maximum Gasteiger partial charge on any atom is 0.329 e. The average Bonchev–Trinajstić information content (AvgIpc) is 2.33. The van der Waals surface area contributed by atoms with E-state index in [1.807, 2.05) is 0 Å². The summed E-state index contributed by atoms with van der Waals surface area (Å²) >= 11 is 0.775. The molecule has 0 radical (unpaired) electrons. The van der Waals surface area contributed by atoms with E-state index in [4.69, 9.17) is 4.74 Å². The molecular formula is C10H16N2O7S. The van der Waals surface area contributed by atoms with E-state index in [9.17, 15) is 24.5 Å². The van der Waals surface area contributed by atoms with Gasteiger partial charge in [-0.15, -0.1) is 10.1 Å². The minimum Gasteiger partial charge on any atom is -0.464 e.